The van der Waals surface area contributed by atoms with Crippen molar-refractivity contribution >= 4 is 0 Å². The molecule has 1 aliphatic heterocycles. The van der Waals surface area contributed by atoms with Crippen LogP contribution in [0.2, 0.25) is 0 Å². The smallest absolute Gasteiger partial charge is 0.123 e. The van der Waals surface area contributed by atoms with E-state index >= 15 is 0 Å². The summed E-state index contributed by atoms with van der Waals surface area (Å²) in [5.41, 5.74) is 2.59. The lowest BCUT2D eigenvalue weighted by Crippen LogP contribution is -2.47. The van der Waals surface area contributed by atoms with E-state index < -0.39 is 0 Å². The van der Waals surface area contributed by atoms with Crippen molar-refractivity contribution in [2.45, 2.75) is 33.6 Å². The fraction of sp³-hybridized carbons (Fsp3) is 0.667. The van der Waals surface area contributed by atoms with E-state index in [1.54, 1.807) is 0 Å². The van der Waals surface area contributed by atoms with Gasteiger partial charge in [0, 0.05) is 32.7 Å². The summed E-state index contributed by atoms with van der Waals surface area (Å²) >= 11 is 0. The molecule has 0 aromatic heterocycles. The van der Waals surface area contributed by atoms with Crippen LogP contribution in [0.25, 0.3) is 0 Å². The zero-order valence-electron chi connectivity index (χ0n) is 14.1. The number of benzene rings is 1. The molecule has 0 N–H and O–H groups in total. The first-order chi connectivity index (χ1) is 10.1. The van der Waals surface area contributed by atoms with Crippen LogP contribution in [-0.2, 0) is 0 Å². The van der Waals surface area contributed by atoms with Crippen LogP contribution in [0.5, 0.6) is 5.75 Å². The van der Waals surface area contributed by atoms with Crippen molar-refractivity contribution in [3.63, 3.8) is 0 Å². The average Bonchev–Trinajstić information content (AvgIpc) is 2.48. The van der Waals surface area contributed by atoms with Gasteiger partial charge in [0.25, 0.3) is 0 Å². The highest BCUT2D eigenvalue weighted by atomic mass is 16.5. The summed E-state index contributed by atoms with van der Waals surface area (Å²) in [4.78, 5) is 5.02. The number of ether oxygens (including phenoxy) is 1. The summed E-state index contributed by atoms with van der Waals surface area (Å²) in [5.74, 6) is 1.57. The minimum atomic E-state index is 0.508. The molecule has 0 amide bonds. The quantitative estimate of drug-likeness (QED) is 0.800. The van der Waals surface area contributed by atoms with Gasteiger partial charge in [-0.2, -0.15) is 0 Å². The van der Waals surface area contributed by atoms with Gasteiger partial charge in [0.15, 0.2) is 0 Å². The third-order valence-corrected chi connectivity index (χ3v) is 4.37. The van der Waals surface area contributed by atoms with Gasteiger partial charge in [-0.1, -0.05) is 32.9 Å². The number of aryl methyl sites for hydroxylation is 1. The second kappa shape index (κ2) is 7.81. The molecule has 0 bridgehead atoms. The second-order valence-corrected chi connectivity index (χ2v) is 6.32. The van der Waals surface area contributed by atoms with Gasteiger partial charge >= 0.3 is 0 Å². The molecule has 21 heavy (non-hydrogen) atoms. The third kappa shape index (κ3) is 4.72. The average molecular weight is 290 g/mol. The maximum Gasteiger partial charge on any atom is 0.123 e. The predicted molar refractivity (Wildman–Crippen MR) is 89.3 cm³/mol. The molecule has 0 atom stereocenters. The standard InChI is InChI=1S/C18H30N2O/c1-5-19-8-10-20(11-9-19)12-13-21-18-14-16(4)6-7-17(18)15(2)3/h6-7,14-15H,5,8-13H2,1-4H3. The van der Waals surface area contributed by atoms with Gasteiger partial charge < -0.3 is 9.64 Å². The Morgan fingerprint density at radius 1 is 1.10 bits per heavy atom. The summed E-state index contributed by atoms with van der Waals surface area (Å²) in [7, 11) is 0. The first-order valence-corrected chi connectivity index (χ1v) is 8.28. The van der Waals surface area contributed by atoms with Crippen LogP contribution in [0.1, 0.15) is 37.8 Å². The molecule has 0 spiro atoms. The fourth-order valence-electron chi connectivity index (χ4n) is 2.86. The minimum Gasteiger partial charge on any atom is -0.492 e. The lowest BCUT2D eigenvalue weighted by molar-refractivity contribution is 0.120. The Morgan fingerprint density at radius 3 is 2.38 bits per heavy atom. The summed E-state index contributed by atoms with van der Waals surface area (Å²) < 4.78 is 6.08. The molecule has 1 aromatic rings. The maximum absolute atomic E-state index is 6.08. The maximum atomic E-state index is 6.08. The van der Waals surface area contributed by atoms with Crippen LogP contribution < -0.4 is 4.74 Å². The van der Waals surface area contributed by atoms with Crippen molar-refractivity contribution in [1.29, 1.82) is 0 Å². The molecule has 0 aliphatic carbocycles. The van der Waals surface area contributed by atoms with Gasteiger partial charge in [0.05, 0.1) is 0 Å². The van der Waals surface area contributed by atoms with Crippen LogP contribution in [-0.4, -0.2) is 55.7 Å². The van der Waals surface area contributed by atoms with Crippen LogP contribution in [0, 0.1) is 6.92 Å². The van der Waals surface area contributed by atoms with Gasteiger partial charge in [0.2, 0.25) is 0 Å². The Balaban J connectivity index is 1.82. The first kappa shape index (κ1) is 16.3. The number of likely N-dealkylation sites (N-methyl/N-ethyl adjacent to an activating group) is 1. The second-order valence-electron chi connectivity index (χ2n) is 6.32. The zero-order chi connectivity index (χ0) is 15.2. The van der Waals surface area contributed by atoms with Crippen molar-refractivity contribution in [1.82, 2.24) is 9.80 Å². The highest BCUT2D eigenvalue weighted by Gasteiger charge is 2.15. The largest absolute Gasteiger partial charge is 0.492 e. The Hall–Kier alpha value is -1.06. The van der Waals surface area contributed by atoms with Crippen molar-refractivity contribution in [2.24, 2.45) is 0 Å². The SMILES string of the molecule is CCN1CCN(CCOc2cc(C)ccc2C(C)C)CC1. The van der Waals surface area contributed by atoms with E-state index in [9.17, 15) is 0 Å². The van der Waals surface area contributed by atoms with E-state index in [-0.39, 0.29) is 0 Å². The van der Waals surface area contributed by atoms with Gasteiger partial charge in [-0.05, 0) is 36.6 Å². The van der Waals surface area contributed by atoms with E-state index in [1.165, 1.54) is 43.9 Å². The van der Waals surface area contributed by atoms with Crippen LogP contribution in [0.3, 0.4) is 0 Å². The molecule has 0 unspecified atom stereocenters. The molecule has 0 saturated carbocycles. The topological polar surface area (TPSA) is 15.7 Å². The van der Waals surface area contributed by atoms with Crippen molar-refractivity contribution in [3.05, 3.63) is 29.3 Å². The van der Waals surface area contributed by atoms with Gasteiger partial charge in [-0.15, -0.1) is 0 Å². The van der Waals surface area contributed by atoms with E-state index in [0.29, 0.717) is 5.92 Å². The molecule has 0 radical (unpaired) electrons. The first-order valence-electron chi connectivity index (χ1n) is 8.28. The fourth-order valence-corrected chi connectivity index (χ4v) is 2.86. The highest BCUT2D eigenvalue weighted by Crippen LogP contribution is 2.27. The molecule has 1 saturated heterocycles. The lowest BCUT2D eigenvalue weighted by Gasteiger charge is -2.33. The highest BCUT2D eigenvalue weighted by molar-refractivity contribution is 5.39. The predicted octanol–water partition coefficient (Wildman–Crippen LogP) is 3.13. The van der Waals surface area contributed by atoms with Crippen LogP contribution >= 0.6 is 0 Å². The molecule has 1 fully saturated rings. The summed E-state index contributed by atoms with van der Waals surface area (Å²) in [5, 5.41) is 0. The molecule has 3 nitrogen and oxygen atoms in total. The number of rotatable bonds is 6. The summed E-state index contributed by atoms with van der Waals surface area (Å²) in [6, 6.07) is 6.55. The third-order valence-electron chi connectivity index (χ3n) is 4.37. The van der Waals surface area contributed by atoms with Gasteiger partial charge in [-0.3, -0.25) is 4.90 Å². The molecule has 118 valence electrons. The number of nitrogens with zero attached hydrogens (tertiary/aromatic N) is 2. The van der Waals surface area contributed by atoms with Crippen molar-refractivity contribution < 1.29 is 4.74 Å². The Morgan fingerprint density at radius 2 is 1.76 bits per heavy atom. The number of hydrogen-bond donors (Lipinski definition) is 0. The number of hydrogen-bond acceptors (Lipinski definition) is 3. The van der Waals surface area contributed by atoms with E-state index in [2.05, 4.69) is 55.7 Å². The molecule has 2 rings (SSSR count). The minimum absolute atomic E-state index is 0.508. The Labute approximate surface area is 129 Å². The normalized spacial score (nSPS) is 17.4. The molecule has 1 aliphatic rings. The van der Waals surface area contributed by atoms with E-state index in [0.717, 1.165) is 18.9 Å². The summed E-state index contributed by atoms with van der Waals surface area (Å²) in [6.07, 6.45) is 0. The van der Waals surface area contributed by atoms with E-state index in [1.807, 2.05) is 0 Å². The van der Waals surface area contributed by atoms with Crippen LogP contribution in [0.15, 0.2) is 18.2 Å². The van der Waals surface area contributed by atoms with Crippen molar-refractivity contribution in [2.75, 3.05) is 45.9 Å². The monoisotopic (exact) mass is 290 g/mol. The van der Waals surface area contributed by atoms with E-state index in [4.69, 9.17) is 4.74 Å². The Kier molecular flexibility index (Phi) is 6.07. The van der Waals surface area contributed by atoms with Gasteiger partial charge in [-0.25, -0.2) is 0 Å². The molecular weight excluding hydrogens is 260 g/mol. The van der Waals surface area contributed by atoms with Gasteiger partial charge in [0.1, 0.15) is 12.4 Å². The number of piperazine rings is 1. The molecule has 1 aromatic carbocycles. The van der Waals surface area contributed by atoms with Crippen molar-refractivity contribution in [3.8, 4) is 5.75 Å². The molecule has 3 heteroatoms. The molecule has 1 heterocycles. The zero-order valence-corrected chi connectivity index (χ0v) is 14.1. The van der Waals surface area contributed by atoms with Crippen LogP contribution in [0.4, 0.5) is 0 Å². The Bertz CT molecular complexity index is 437. The lowest BCUT2D eigenvalue weighted by atomic mass is 10.0. The molecular formula is C18H30N2O. The summed E-state index contributed by atoms with van der Waals surface area (Å²) in [6.45, 7) is 16.5.